The summed E-state index contributed by atoms with van der Waals surface area (Å²) in [5, 5.41) is 2.91. The van der Waals surface area contributed by atoms with E-state index in [1.54, 1.807) is 19.1 Å². The third kappa shape index (κ3) is 3.12. The summed E-state index contributed by atoms with van der Waals surface area (Å²) in [6.45, 7) is 5.76. The van der Waals surface area contributed by atoms with Gasteiger partial charge in [0.25, 0.3) is 11.8 Å². The molecule has 2 aromatic heterocycles. The zero-order valence-corrected chi connectivity index (χ0v) is 16.7. The summed E-state index contributed by atoms with van der Waals surface area (Å²) in [5.41, 5.74) is 1.42. The Kier molecular flexibility index (Phi) is 4.74. The highest BCUT2D eigenvalue weighted by molar-refractivity contribution is 6.07. The van der Waals surface area contributed by atoms with Crippen LogP contribution in [0.4, 0.5) is 4.79 Å². The van der Waals surface area contributed by atoms with Crippen LogP contribution in [0, 0.1) is 6.92 Å². The van der Waals surface area contributed by atoms with Gasteiger partial charge in [-0.15, -0.1) is 0 Å². The number of nitrogens with zero attached hydrogens (tertiary/aromatic N) is 2. The number of benzene rings is 1. The summed E-state index contributed by atoms with van der Waals surface area (Å²) in [6, 6.07) is 10.9. The van der Waals surface area contributed by atoms with E-state index in [1.165, 1.54) is 16.7 Å². The summed E-state index contributed by atoms with van der Waals surface area (Å²) < 4.78 is 11.0. The van der Waals surface area contributed by atoms with Crippen molar-refractivity contribution in [2.75, 3.05) is 0 Å². The summed E-state index contributed by atoms with van der Waals surface area (Å²) in [5.74, 6) is 1.08. The molecular weight excluding hydrogens is 370 g/mol. The number of carbonyl (C=O) groups is 2. The number of aromatic nitrogens is 1. The van der Waals surface area contributed by atoms with E-state index >= 15 is 0 Å². The lowest BCUT2D eigenvalue weighted by molar-refractivity contribution is -0.132. The van der Waals surface area contributed by atoms with Crippen molar-refractivity contribution in [2.45, 2.75) is 45.7 Å². The minimum atomic E-state index is -1.06. The second-order valence-electron chi connectivity index (χ2n) is 7.13. The van der Waals surface area contributed by atoms with Gasteiger partial charge in [-0.05, 0) is 43.0 Å². The summed E-state index contributed by atoms with van der Waals surface area (Å²) >= 11 is 0. The lowest BCUT2D eigenvalue weighted by Gasteiger charge is -2.26. The zero-order chi connectivity index (χ0) is 20.6. The third-order valence-corrected chi connectivity index (χ3v) is 5.49. The number of urea groups is 1. The standard InChI is InChI=1S/C22H23N3O4/c1-4-15-8-10-16(11-9-15)22(5-2)20(26)25(21(27)24-22)13-17-14(3)29-19(23-17)18-7-6-12-28-18/h6-12H,4-5,13H2,1-3H3,(H,24,27). The van der Waals surface area contributed by atoms with Crippen LogP contribution in [0.2, 0.25) is 0 Å². The monoisotopic (exact) mass is 393 g/mol. The fourth-order valence-corrected chi connectivity index (χ4v) is 3.66. The predicted molar refractivity (Wildman–Crippen MR) is 106 cm³/mol. The third-order valence-electron chi connectivity index (χ3n) is 5.49. The second-order valence-corrected chi connectivity index (χ2v) is 7.13. The zero-order valence-electron chi connectivity index (χ0n) is 16.7. The molecule has 29 heavy (non-hydrogen) atoms. The summed E-state index contributed by atoms with van der Waals surface area (Å²) in [4.78, 5) is 31.7. The van der Waals surface area contributed by atoms with E-state index in [0.29, 0.717) is 29.5 Å². The van der Waals surface area contributed by atoms with Crippen molar-refractivity contribution < 1.29 is 18.4 Å². The Labute approximate surface area is 168 Å². The highest BCUT2D eigenvalue weighted by Crippen LogP contribution is 2.34. The molecule has 3 heterocycles. The van der Waals surface area contributed by atoms with E-state index in [1.807, 2.05) is 31.2 Å². The van der Waals surface area contributed by atoms with Gasteiger partial charge in [0.1, 0.15) is 17.0 Å². The first-order valence-corrected chi connectivity index (χ1v) is 9.72. The first kappa shape index (κ1) is 19.0. The van der Waals surface area contributed by atoms with E-state index in [0.717, 1.165) is 12.0 Å². The number of imide groups is 1. The van der Waals surface area contributed by atoms with Gasteiger partial charge in [-0.3, -0.25) is 9.69 Å². The van der Waals surface area contributed by atoms with Gasteiger partial charge in [0, 0.05) is 0 Å². The van der Waals surface area contributed by atoms with Gasteiger partial charge in [-0.1, -0.05) is 38.1 Å². The average Bonchev–Trinajstić information content (AvgIpc) is 3.44. The second kappa shape index (κ2) is 7.24. The Bertz CT molecular complexity index is 1040. The van der Waals surface area contributed by atoms with Gasteiger partial charge in [0.2, 0.25) is 0 Å². The van der Waals surface area contributed by atoms with Crippen LogP contribution < -0.4 is 5.32 Å². The molecule has 1 aliphatic rings. The van der Waals surface area contributed by atoms with E-state index in [2.05, 4.69) is 17.2 Å². The Morgan fingerprint density at radius 2 is 1.90 bits per heavy atom. The van der Waals surface area contributed by atoms with E-state index in [4.69, 9.17) is 8.83 Å². The molecule has 0 bridgehead atoms. The van der Waals surface area contributed by atoms with Gasteiger partial charge < -0.3 is 14.2 Å². The van der Waals surface area contributed by atoms with Crippen molar-refractivity contribution in [2.24, 2.45) is 0 Å². The summed E-state index contributed by atoms with van der Waals surface area (Å²) in [6.07, 6.45) is 2.90. The van der Waals surface area contributed by atoms with Crippen LogP contribution in [-0.4, -0.2) is 21.8 Å². The van der Waals surface area contributed by atoms with Crippen molar-refractivity contribution in [3.05, 3.63) is 65.2 Å². The molecule has 1 atom stereocenters. The molecule has 3 amide bonds. The van der Waals surface area contributed by atoms with E-state index in [9.17, 15) is 9.59 Å². The van der Waals surface area contributed by atoms with Gasteiger partial charge in [-0.2, -0.15) is 0 Å². The molecule has 1 N–H and O–H groups in total. The minimum Gasteiger partial charge on any atom is -0.459 e. The molecule has 150 valence electrons. The van der Waals surface area contributed by atoms with E-state index in [-0.39, 0.29) is 12.5 Å². The number of nitrogens with one attached hydrogen (secondary N) is 1. The van der Waals surface area contributed by atoms with Crippen molar-refractivity contribution in [1.82, 2.24) is 15.2 Å². The Balaban J connectivity index is 1.62. The fourth-order valence-electron chi connectivity index (χ4n) is 3.66. The topological polar surface area (TPSA) is 88.6 Å². The van der Waals surface area contributed by atoms with Crippen molar-refractivity contribution >= 4 is 11.9 Å². The first-order valence-electron chi connectivity index (χ1n) is 9.72. The van der Waals surface area contributed by atoms with Gasteiger partial charge >= 0.3 is 6.03 Å². The molecule has 1 aromatic carbocycles. The molecule has 4 rings (SSSR count). The van der Waals surface area contributed by atoms with Crippen LogP contribution in [0.3, 0.4) is 0 Å². The van der Waals surface area contributed by atoms with Crippen LogP contribution in [0.25, 0.3) is 11.7 Å². The SMILES string of the molecule is CCc1ccc(C2(CC)NC(=O)N(Cc3nc(-c4ccco4)oc3C)C2=O)cc1. The molecule has 7 nitrogen and oxygen atoms in total. The molecular formula is C22H23N3O4. The van der Waals surface area contributed by atoms with Crippen LogP contribution in [-0.2, 0) is 23.3 Å². The largest absolute Gasteiger partial charge is 0.459 e. The Hall–Kier alpha value is -3.35. The average molecular weight is 393 g/mol. The maximum Gasteiger partial charge on any atom is 0.325 e. The van der Waals surface area contributed by atoms with Crippen LogP contribution >= 0.6 is 0 Å². The molecule has 0 saturated carbocycles. The van der Waals surface area contributed by atoms with Gasteiger partial charge in [0.05, 0.1) is 12.8 Å². The lowest BCUT2D eigenvalue weighted by atomic mass is 9.86. The van der Waals surface area contributed by atoms with Crippen molar-refractivity contribution in [3.63, 3.8) is 0 Å². The number of furan rings is 1. The van der Waals surface area contributed by atoms with Gasteiger partial charge in [0.15, 0.2) is 5.76 Å². The molecule has 0 radical (unpaired) electrons. The van der Waals surface area contributed by atoms with Crippen LogP contribution in [0.15, 0.2) is 51.5 Å². The predicted octanol–water partition coefficient (Wildman–Crippen LogP) is 4.16. The minimum absolute atomic E-state index is 0.0372. The van der Waals surface area contributed by atoms with Crippen LogP contribution in [0.5, 0.6) is 0 Å². The molecule has 0 spiro atoms. The highest BCUT2D eigenvalue weighted by Gasteiger charge is 2.51. The van der Waals surface area contributed by atoms with Gasteiger partial charge in [-0.25, -0.2) is 9.78 Å². The molecule has 1 fully saturated rings. The normalized spacial score (nSPS) is 19.1. The quantitative estimate of drug-likeness (QED) is 0.635. The first-order chi connectivity index (χ1) is 14.0. The number of hydrogen-bond donors (Lipinski definition) is 1. The number of aryl methyl sites for hydroxylation is 2. The number of hydrogen-bond acceptors (Lipinski definition) is 5. The molecule has 0 aliphatic carbocycles. The van der Waals surface area contributed by atoms with E-state index < -0.39 is 11.6 Å². The Morgan fingerprint density at radius 3 is 2.52 bits per heavy atom. The molecule has 1 unspecified atom stereocenters. The summed E-state index contributed by atoms with van der Waals surface area (Å²) in [7, 11) is 0. The molecule has 1 saturated heterocycles. The molecule has 7 heteroatoms. The van der Waals surface area contributed by atoms with Crippen molar-refractivity contribution in [1.29, 1.82) is 0 Å². The fraction of sp³-hybridized carbons (Fsp3) is 0.318. The maximum atomic E-state index is 13.3. The highest BCUT2D eigenvalue weighted by atomic mass is 16.4. The lowest BCUT2D eigenvalue weighted by Crippen LogP contribution is -2.43. The molecule has 3 aromatic rings. The number of rotatable bonds is 6. The number of carbonyl (C=O) groups excluding carboxylic acids is 2. The smallest absolute Gasteiger partial charge is 0.325 e. The number of oxazole rings is 1. The Morgan fingerprint density at radius 1 is 1.14 bits per heavy atom. The molecule has 1 aliphatic heterocycles. The maximum absolute atomic E-state index is 13.3. The van der Waals surface area contributed by atoms with Crippen molar-refractivity contribution in [3.8, 4) is 11.7 Å². The van der Waals surface area contributed by atoms with Crippen LogP contribution in [0.1, 0.15) is 42.8 Å². The number of amides is 3.